The van der Waals surface area contributed by atoms with Gasteiger partial charge in [-0.05, 0) is 32.0 Å². The van der Waals surface area contributed by atoms with E-state index in [1.165, 1.54) is 29.0 Å². The maximum atomic E-state index is 15.0. The lowest BCUT2D eigenvalue weighted by atomic mass is 10.0. The Balaban J connectivity index is 1.70. The molecule has 0 radical (unpaired) electrons. The first-order valence-corrected chi connectivity index (χ1v) is 12.9. The topological polar surface area (TPSA) is 99.5 Å². The van der Waals surface area contributed by atoms with Crippen LogP contribution in [0.1, 0.15) is 35.3 Å². The fraction of sp³-hybridized carbons (Fsp3) is 0.417. The Morgan fingerprint density at radius 3 is 2.56 bits per heavy atom. The fourth-order valence-corrected chi connectivity index (χ4v) is 5.48. The van der Waals surface area contributed by atoms with Crippen molar-refractivity contribution in [2.45, 2.75) is 32.4 Å². The van der Waals surface area contributed by atoms with Gasteiger partial charge in [-0.2, -0.15) is 10.6 Å². The minimum absolute atomic E-state index is 0.0774. The van der Waals surface area contributed by atoms with E-state index < -0.39 is 28.0 Å². The summed E-state index contributed by atoms with van der Waals surface area (Å²) in [6.07, 6.45) is 0.672. The van der Waals surface area contributed by atoms with Crippen LogP contribution < -0.4 is 9.64 Å². The van der Waals surface area contributed by atoms with Crippen LogP contribution in [0.5, 0.6) is 5.75 Å². The highest BCUT2D eigenvalue weighted by atomic mass is 32.3. The van der Waals surface area contributed by atoms with Crippen molar-refractivity contribution in [2.75, 3.05) is 36.6 Å². The van der Waals surface area contributed by atoms with Crippen LogP contribution in [-0.2, 0) is 17.7 Å². The molecule has 10 heteroatoms. The van der Waals surface area contributed by atoms with Gasteiger partial charge in [-0.15, -0.1) is 0 Å². The Bertz CT molecular complexity index is 1110. The third-order valence-electron chi connectivity index (χ3n) is 6.04. The fourth-order valence-electron chi connectivity index (χ4n) is 4.25. The molecular weight excluding hydrogens is 463 g/mol. The number of anilines is 1. The van der Waals surface area contributed by atoms with Crippen LogP contribution in [0.4, 0.5) is 14.9 Å². The van der Waals surface area contributed by atoms with Gasteiger partial charge in [-0.3, -0.25) is 14.0 Å². The number of urea groups is 1. The van der Waals surface area contributed by atoms with Gasteiger partial charge in [0.15, 0.2) is 0 Å². The molecule has 0 bridgehead atoms. The number of benzene rings is 2. The first kappa shape index (κ1) is 24.3. The molecule has 1 fully saturated rings. The lowest BCUT2D eigenvalue weighted by Crippen LogP contribution is -2.49. The van der Waals surface area contributed by atoms with E-state index in [0.717, 1.165) is 11.6 Å². The number of hydrogen-bond acceptors (Lipinski definition) is 6. The molecule has 0 saturated carbocycles. The van der Waals surface area contributed by atoms with Crippen molar-refractivity contribution in [3.8, 4) is 5.75 Å². The van der Waals surface area contributed by atoms with E-state index in [4.69, 9.17) is 4.74 Å². The second kappa shape index (κ2) is 9.09. The summed E-state index contributed by atoms with van der Waals surface area (Å²) in [5, 5.41) is 0. The smallest absolute Gasteiger partial charge is 0.337 e. The maximum absolute atomic E-state index is 15.0. The van der Waals surface area contributed by atoms with Crippen molar-refractivity contribution >= 4 is 28.3 Å². The molecule has 2 aliphatic heterocycles. The van der Waals surface area contributed by atoms with Crippen molar-refractivity contribution in [3.63, 3.8) is 0 Å². The summed E-state index contributed by atoms with van der Waals surface area (Å²) in [5.74, 6) is -0.505. The number of fused-ring (bicyclic) bond motifs is 1. The van der Waals surface area contributed by atoms with Crippen LogP contribution in [0.2, 0.25) is 0 Å². The zero-order chi connectivity index (χ0) is 24.7. The summed E-state index contributed by atoms with van der Waals surface area (Å²) in [5.41, 5.74) is 1.32. The van der Waals surface area contributed by atoms with E-state index in [1.54, 1.807) is 6.07 Å². The molecule has 0 aliphatic carbocycles. The Hall–Kier alpha value is -2.82. The van der Waals surface area contributed by atoms with Gasteiger partial charge < -0.3 is 14.4 Å². The van der Waals surface area contributed by atoms with Gasteiger partial charge in [0, 0.05) is 30.6 Å². The number of carbonyl (C=O) groups is 2. The Morgan fingerprint density at radius 2 is 1.91 bits per heavy atom. The molecule has 2 aromatic rings. The van der Waals surface area contributed by atoms with E-state index in [1.807, 2.05) is 26.0 Å². The quantitative estimate of drug-likeness (QED) is 0.609. The Labute approximate surface area is 199 Å². The highest BCUT2D eigenvalue weighted by Crippen LogP contribution is 2.44. The molecule has 8 nitrogen and oxygen atoms in total. The number of amides is 2. The van der Waals surface area contributed by atoms with Crippen LogP contribution in [0.3, 0.4) is 0 Å². The summed E-state index contributed by atoms with van der Waals surface area (Å²) in [6, 6.07) is 9.17. The molecule has 4 rings (SSSR count). The normalized spacial score (nSPS) is 19.1. The first-order chi connectivity index (χ1) is 16.0. The average molecular weight is 493 g/mol. The van der Waals surface area contributed by atoms with Crippen LogP contribution in [0, 0.1) is 5.82 Å². The number of rotatable bonds is 4. The molecule has 34 heavy (non-hydrogen) atoms. The number of methoxy groups -OCH3 is 1. The van der Waals surface area contributed by atoms with Crippen molar-refractivity contribution in [1.82, 2.24) is 4.90 Å². The van der Waals surface area contributed by atoms with Crippen LogP contribution in [0.15, 0.2) is 36.4 Å². The summed E-state index contributed by atoms with van der Waals surface area (Å²) < 4.78 is 45.7. The molecule has 0 atom stereocenters. The summed E-state index contributed by atoms with van der Waals surface area (Å²) in [4.78, 5) is 28.4. The second-order valence-corrected chi connectivity index (χ2v) is 11.6. The SMILES string of the molecule is COC(=O)c1ccc(CN(C(=O)N2CCS(O)(O)CC2)c2cccc3c2OC(C)(C)C3)c(F)c1. The highest BCUT2D eigenvalue weighted by molar-refractivity contribution is 8.24. The predicted molar refractivity (Wildman–Crippen MR) is 128 cm³/mol. The number of nitrogens with zero attached hydrogens (tertiary/aromatic N) is 2. The standard InChI is InChI=1S/C24H29FN2O6S/c1-24(2)14-17-5-4-6-20(21(17)33-24)27(23(29)26-9-11-34(30,31)12-10-26)15-18-8-7-16(13-19(18)25)22(28)32-3/h4-8,13,30-31H,9-12,14-15H2,1-3H3. The molecular formula is C24H29FN2O6S. The molecule has 2 heterocycles. The minimum atomic E-state index is -2.69. The molecule has 0 unspecified atom stereocenters. The number of ether oxygens (including phenoxy) is 2. The van der Waals surface area contributed by atoms with Crippen LogP contribution in [-0.4, -0.2) is 63.3 Å². The zero-order valence-corrected chi connectivity index (χ0v) is 20.2. The van der Waals surface area contributed by atoms with Gasteiger partial charge in [0.25, 0.3) is 0 Å². The van der Waals surface area contributed by atoms with Gasteiger partial charge in [0.2, 0.25) is 0 Å². The third kappa shape index (κ3) is 4.98. The van der Waals surface area contributed by atoms with Gasteiger partial charge in [0.05, 0.1) is 36.4 Å². The summed E-state index contributed by atoms with van der Waals surface area (Å²) in [7, 11) is -1.46. The summed E-state index contributed by atoms with van der Waals surface area (Å²) in [6.45, 7) is 4.19. The third-order valence-corrected chi connectivity index (χ3v) is 7.71. The lowest BCUT2D eigenvalue weighted by molar-refractivity contribution is 0.0600. The van der Waals surface area contributed by atoms with Crippen LogP contribution in [0.25, 0.3) is 0 Å². The van der Waals surface area contributed by atoms with Gasteiger partial charge in [0.1, 0.15) is 17.2 Å². The van der Waals surface area contributed by atoms with Crippen molar-refractivity contribution in [3.05, 3.63) is 58.9 Å². The van der Waals surface area contributed by atoms with E-state index in [9.17, 15) is 23.1 Å². The highest BCUT2D eigenvalue weighted by Gasteiger charge is 2.36. The number of esters is 1. The number of carbonyl (C=O) groups excluding carboxylic acids is 2. The first-order valence-electron chi connectivity index (χ1n) is 11.0. The minimum Gasteiger partial charge on any atom is -0.485 e. The van der Waals surface area contributed by atoms with Crippen molar-refractivity contribution in [1.29, 1.82) is 0 Å². The molecule has 0 aromatic heterocycles. The second-order valence-electron chi connectivity index (χ2n) is 9.17. The largest absolute Gasteiger partial charge is 0.485 e. The van der Waals surface area contributed by atoms with Crippen molar-refractivity contribution < 1.29 is 32.6 Å². The zero-order valence-electron chi connectivity index (χ0n) is 19.4. The van der Waals surface area contributed by atoms with Crippen LogP contribution >= 0.6 is 10.6 Å². The number of hydrogen-bond donors (Lipinski definition) is 2. The van der Waals surface area contributed by atoms with E-state index in [2.05, 4.69) is 4.74 Å². The molecule has 2 N–H and O–H groups in total. The van der Waals surface area contributed by atoms with Crippen molar-refractivity contribution in [2.24, 2.45) is 0 Å². The Morgan fingerprint density at radius 1 is 1.21 bits per heavy atom. The monoisotopic (exact) mass is 492 g/mol. The van der Waals surface area contributed by atoms with Gasteiger partial charge >= 0.3 is 12.0 Å². The molecule has 2 aromatic carbocycles. The van der Waals surface area contributed by atoms with E-state index >= 15 is 0 Å². The molecule has 2 amide bonds. The number of para-hydroxylation sites is 1. The maximum Gasteiger partial charge on any atom is 0.337 e. The lowest BCUT2D eigenvalue weighted by Gasteiger charge is -2.42. The average Bonchev–Trinajstić information content (AvgIpc) is 3.11. The molecule has 1 saturated heterocycles. The molecule has 2 aliphatic rings. The number of halogens is 1. The van der Waals surface area contributed by atoms with Gasteiger partial charge in [-0.1, -0.05) is 18.2 Å². The molecule has 184 valence electrons. The van der Waals surface area contributed by atoms with Gasteiger partial charge in [-0.25, -0.2) is 14.0 Å². The van der Waals surface area contributed by atoms with E-state index in [0.29, 0.717) is 17.9 Å². The Kier molecular flexibility index (Phi) is 6.50. The molecule has 0 spiro atoms. The summed E-state index contributed by atoms with van der Waals surface area (Å²) >= 11 is 0. The van der Waals surface area contributed by atoms with E-state index in [-0.39, 0.29) is 48.3 Å². The predicted octanol–water partition coefficient (Wildman–Crippen LogP) is 4.52.